The molecule has 0 bridgehead atoms. The Hall–Kier alpha value is -1.87. The minimum Gasteiger partial charge on any atom is -0.494 e. The van der Waals surface area contributed by atoms with Crippen molar-refractivity contribution >= 4 is 0 Å². The van der Waals surface area contributed by atoms with Crippen LogP contribution in [0.2, 0.25) is 0 Å². The molecule has 3 nitrogen and oxygen atoms in total. The first-order valence-corrected chi connectivity index (χ1v) is 7.17. The fourth-order valence-electron chi connectivity index (χ4n) is 2.09. The third kappa shape index (κ3) is 4.35. The molecule has 0 aliphatic carbocycles. The van der Waals surface area contributed by atoms with Crippen LogP contribution in [-0.4, -0.2) is 11.6 Å². The van der Waals surface area contributed by atoms with Crippen LogP contribution in [0.5, 0.6) is 5.75 Å². The molecule has 0 aliphatic heterocycles. The van der Waals surface area contributed by atoms with Gasteiger partial charge in [0, 0.05) is 18.4 Å². The predicted octanol–water partition coefficient (Wildman–Crippen LogP) is 3.50. The van der Waals surface area contributed by atoms with Crippen molar-refractivity contribution in [1.82, 2.24) is 4.98 Å². The molecule has 20 heavy (non-hydrogen) atoms. The Morgan fingerprint density at radius 2 is 2.00 bits per heavy atom. The van der Waals surface area contributed by atoms with E-state index in [-0.39, 0.29) is 6.04 Å². The normalized spacial score (nSPS) is 12.1. The first-order chi connectivity index (χ1) is 9.79. The van der Waals surface area contributed by atoms with Gasteiger partial charge < -0.3 is 10.5 Å². The molecule has 0 amide bonds. The van der Waals surface area contributed by atoms with E-state index in [1.165, 1.54) is 5.56 Å². The van der Waals surface area contributed by atoms with Gasteiger partial charge in [0.25, 0.3) is 0 Å². The molecule has 106 valence electrons. The summed E-state index contributed by atoms with van der Waals surface area (Å²) in [5.74, 6) is 0.904. The molecule has 0 saturated heterocycles. The summed E-state index contributed by atoms with van der Waals surface area (Å²) in [6.07, 6.45) is 6.59. The van der Waals surface area contributed by atoms with Crippen LogP contribution in [0.3, 0.4) is 0 Å². The molecular formula is C17H22N2O. The third-order valence-corrected chi connectivity index (χ3v) is 3.35. The number of ether oxygens (including phenoxy) is 1. The summed E-state index contributed by atoms with van der Waals surface area (Å²) in [5, 5.41) is 0. The van der Waals surface area contributed by atoms with Gasteiger partial charge in [-0.15, -0.1) is 0 Å². The highest BCUT2D eigenvalue weighted by molar-refractivity contribution is 5.30. The number of aromatic nitrogens is 1. The summed E-state index contributed by atoms with van der Waals surface area (Å²) in [6.45, 7) is 2.81. The molecule has 1 aromatic heterocycles. The van der Waals surface area contributed by atoms with Crippen molar-refractivity contribution in [2.45, 2.75) is 32.2 Å². The molecule has 0 spiro atoms. The average molecular weight is 270 g/mol. The summed E-state index contributed by atoms with van der Waals surface area (Å²) < 4.78 is 5.79. The smallest absolute Gasteiger partial charge is 0.119 e. The lowest BCUT2D eigenvalue weighted by atomic mass is 10.1. The molecule has 0 fully saturated rings. The Morgan fingerprint density at radius 1 is 1.20 bits per heavy atom. The van der Waals surface area contributed by atoms with Crippen LogP contribution in [0.4, 0.5) is 0 Å². The van der Waals surface area contributed by atoms with Crippen molar-refractivity contribution in [3.8, 4) is 5.75 Å². The number of rotatable bonds is 7. The number of benzene rings is 1. The van der Waals surface area contributed by atoms with E-state index >= 15 is 0 Å². The topological polar surface area (TPSA) is 48.1 Å². The second-order valence-electron chi connectivity index (χ2n) is 4.89. The van der Waals surface area contributed by atoms with Gasteiger partial charge in [-0.3, -0.25) is 4.98 Å². The molecular weight excluding hydrogens is 248 g/mol. The second-order valence-corrected chi connectivity index (χ2v) is 4.89. The Kier molecular flexibility index (Phi) is 5.56. The van der Waals surface area contributed by atoms with Crippen LogP contribution >= 0.6 is 0 Å². The largest absolute Gasteiger partial charge is 0.494 e. The highest BCUT2D eigenvalue weighted by Gasteiger charge is 2.04. The van der Waals surface area contributed by atoms with Gasteiger partial charge in [-0.25, -0.2) is 0 Å². The lowest BCUT2D eigenvalue weighted by Crippen LogP contribution is -2.08. The molecule has 0 saturated carbocycles. The minimum atomic E-state index is 0.0929. The number of hydrogen-bond acceptors (Lipinski definition) is 3. The van der Waals surface area contributed by atoms with Gasteiger partial charge in [-0.1, -0.05) is 19.1 Å². The fourth-order valence-corrected chi connectivity index (χ4v) is 2.09. The van der Waals surface area contributed by atoms with Gasteiger partial charge in [0.2, 0.25) is 0 Å². The van der Waals surface area contributed by atoms with E-state index in [4.69, 9.17) is 10.5 Å². The van der Waals surface area contributed by atoms with Crippen LogP contribution in [0.1, 0.15) is 36.9 Å². The predicted molar refractivity (Wildman–Crippen MR) is 81.7 cm³/mol. The zero-order chi connectivity index (χ0) is 14.2. The van der Waals surface area contributed by atoms with E-state index in [1.807, 2.05) is 42.7 Å². The van der Waals surface area contributed by atoms with Crippen molar-refractivity contribution < 1.29 is 4.74 Å². The Balaban J connectivity index is 1.79. The molecule has 1 aromatic carbocycles. The lowest BCUT2D eigenvalue weighted by Gasteiger charge is -2.12. The van der Waals surface area contributed by atoms with Gasteiger partial charge in [-0.05, 0) is 54.7 Å². The van der Waals surface area contributed by atoms with Crippen molar-refractivity contribution in [3.63, 3.8) is 0 Å². The number of hydrogen-bond donors (Lipinski definition) is 1. The van der Waals surface area contributed by atoms with Crippen LogP contribution in [0, 0.1) is 0 Å². The molecule has 0 radical (unpaired) electrons. The Bertz CT molecular complexity index is 513. The first-order valence-electron chi connectivity index (χ1n) is 7.17. The minimum absolute atomic E-state index is 0.0929. The summed E-state index contributed by atoms with van der Waals surface area (Å²) in [5.41, 5.74) is 8.47. The maximum atomic E-state index is 6.03. The van der Waals surface area contributed by atoms with Gasteiger partial charge in [-0.2, -0.15) is 0 Å². The van der Waals surface area contributed by atoms with Gasteiger partial charge in [0.05, 0.1) is 6.61 Å². The van der Waals surface area contributed by atoms with Crippen LogP contribution in [-0.2, 0) is 6.42 Å². The maximum absolute atomic E-state index is 6.03. The van der Waals surface area contributed by atoms with E-state index in [0.29, 0.717) is 6.61 Å². The molecule has 2 rings (SSSR count). The molecule has 1 atom stereocenters. The molecule has 2 aromatic rings. The first kappa shape index (κ1) is 14.5. The van der Waals surface area contributed by atoms with Crippen molar-refractivity contribution in [3.05, 3.63) is 59.9 Å². The van der Waals surface area contributed by atoms with Crippen molar-refractivity contribution in [1.29, 1.82) is 0 Å². The van der Waals surface area contributed by atoms with Crippen molar-refractivity contribution in [2.24, 2.45) is 5.73 Å². The highest BCUT2D eigenvalue weighted by Crippen LogP contribution is 2.19. The number of nitrogens with zero attached hydrogens (tertiary/aromatic N) is 1. The maximum Gasteiger partial charge on any atom is 0.119 e. The fraction of sp³-hybridized carbons (Fsp3) is 0.353. The number of nitrogens with two attached hydrogens (primary N) is 1. The number of aryl methyl sites for hydroxylation is 1. The zero-order valence-corrected chi connectivity index (χ0v) is 12.0. The quantitative estimate of drug-likeness (QED) is 0.783. The van der Waals surface area contributed by atoms with E-state index < -0.39 is 0 Å². The van der Waals surface area contributed by atoms with Crippen LogP contribution < -0.4 is 10.5 Å². The second kappa shape index (κ2) is 7.65. The van der Waals surface area contributed by atoms with Crippen molar-refractivity contribution in [2.75, 3.05) is 6.61 Å². The summed E-state index contributed by atoms with van der Waals surface area (Å²) in [6, 6.07) is 12.3. The monoisotopic (exact) mass is 270 g/mol. The van der Waals surface area contributed by atoms with E-state index in [2.05, 4.69) is 18.0 Å². The Labute approximate surface area is 120 Å². The molecule has 3 heteroatoms. The summed E-state index contributed by atoms with van der Waals surface area (Å²) in [7, 11) is 0. The molecule has 1 heterocycles. The van der Waals surface area contributed by atoms with Gasteiger partial charge in [0.1, 0.15) is 5.75 Å². The van der Waals surface area contributed by atoms with Crippen LogP contribution in [0.25, 0.3) is 0 Å². The zero-order valence-electron chi connectivity index (χ0n) is 12.0. The number of pyridine rings is 1. The molecule has 0 aliphatic rings. The van der Waals surface area contributed by atoms with E-state index in [0.717, 1.165) is 30.6 Å². The third-order valence-electron chi connectivity index (χ3n) is 3.35. The Morgan fingerprint density at radius 3 is 2.75 bits per heavy atom. The summed E-state index contributed by atoms with van der Waals surface area (Å²) >= 11 is 0. The highest BCUT2D eigenvalue weighted by atomic mass is 16.5. The van der Waals surface area contributed by atoms with E-state index in [9.17, 15) is 0 Å². The van der Waals surface area contributed by atoms with Crippen LogP contribution in [0.15, 0.2) is 48.8 Å². The summed E-state index contributed by atoms with van der Waals surface area (Å²) in [4.78, 5) is 4.01. The average Bonchev–Trinajstić information content (AvgIpc) is 2.52. The van der Waals surface area contributed by atoms with Gasteiger partial charge in [0.15, 0.2) is 0 Å². The SMILES string of the molecule is CCC(N)c1cccc(OCCCc2ccncc2)c1. The lowest BCUT2D eigenvalue weighted by molar-refractivity contribution is 0.310. The molecule has 1 unspecified atom stereocenters. The van der Waals surface area contributed by atoms with Gasteiger partial charge >= 0.3 is 0 Å². The van der Waals surface area contributed by atoms with E-state index in [1.54, 1.807) is 0 Å². The standard InChI is InChI=1S/C17H22N2O/c1-2-17(18)15-6-3-7-16(13-15)20-12-4-5-14-8-10-19-11-9-14/h3,6-11,13,17H,2,4-5,12,18H2,1H3. The molecule has 2 N–H and O–H groups in total.